The summed E-state index contributed by atoms with van der Waals surface area (Å²) in [4.78, 5) is 16.3. The number of hydrogen-bond donors (Lipinski definition) is 2. The Bertz CT molecular complexity index is 1050. The van der Waals surface area contributed by atoms with Crippen LogP contribution in [-0.4, -0.2) is 68.1 Å². The van der Waals surface area contributed by atoms with Crippen molar-refractivity contribution in [1.82, 2.24) is 4.90 Å². The summed E-state index contributed by atoms with van der Waals surface area (Å²) in [5.41, 5.74) is 6.90. The number of carboxylic acids is 1. The number of thioether (sulfide) groups is 1. The number of nitrogens with two attached hydrogens (primary N) is 1. The lowest BCUT2D eigenvalue weighted by atomic mass is 10.1. The van der Waals surface area contributed by atoms with Gasteiger partial charge in [0.2, 0.25) is 0 Å². The van der Waals surface area contributed by atoms with Crippen molar-refractivity contribution < 1.29 is 27.8 Å². The number of anilines is 1. The first-order valence-corrected chi connectivity index (χ1v) is 12.8. The Morgan fingerprint density at radius 3 is 2.50 bits per heavy atom. The zero-order valence-corrected chi connectivity index (χ0v) is 21.1. The summed E-state index contributed by atoms with van der Waals surface area (Å²) in [5.74, 6) is 0.419. The van der Waals surface area contributed by atoms with Crippen LogP contribution in [-0.2, 0) is 11.0 Å². The molecule has 0 saturated carbocycles. The second kappa shape index (κ2) is 13.0. The highest BCUT2D eigenvalue weighted by molar-refractivity contribution is 7.99. The van der Waals surface area contributed by atoms with E-state index in [0.29, 0.717) is 23.6 Å². The lowest BCUT2D eigenvalue weighted by Crippen LogP contribution is -2.46. The smallest absolute Gasteiger partial charge is 0.416 e. The van der Waals surface area contributed by atoms with Gasteiger partial charge in [-0.05, 0) is 74.0 Å². The molecule has 0 amide bonds. The number of ether oxygens (including phenoxy) is 1. The van der Waals surface area contributed by atoms with Gasteiger partial charge in [-0.25, -0.2) is 4.79 Å². The first-order chi connectivity index (χ1) is 17.2. The quantitative estimate of drug-likeness (QED) is 0.503. The molecule has 2 aromatic carbocycles. The minimum atomic E-state index is -4.28. The van der Waals surface area contributed by atoms with E-state index in [9.17, 15) is 18.0 Å². The molecule has 0 unspecified atom stereocenters. The van der Waals surface area contributed by atoms with E-state index < -0.39 is 17.7 Å². The van der Waals surface area contributed by atoms with Crippen molar-refractivity contribution in [2.24, 2.45) is 5.73 Å². The van der Waals surface area contributed by atoms with Gasteiger partial charge in [-0.15, -0.1) is 11.8 Å². The normalized spacial score (nSPS) is 15.9. The first-order valence-electron chi connectivity index (χ1n) is 11.8. The van der Waals surface area contributed by atoms with Crippen molar-refractivity contribution in [3.05, 3.63) is 59.2 Å². The molecule has 2 aliphatic rings. The minimum Gasteiger partial charge on any atom is -0.497 e. The molecule has 3 N–H and O–H groups in total. The molecule has 2 aliphatic heterocycles. The molecule has 2 heterocycles. The molecule has 0 atom stereocenters. The number of aliphatic carboxylic acids is 1. The number of halogens is 3. The SMILES string of the molecule is COc1ccc2c(c1)C=C(C(=O)O)CS2.NCCCCN1CCN(c2cccc(C(F)(F)F)c2)CC1. The summed E-state index contributed by atoms with van der Waals surface area (Å²) < 4.78 is 43.3. The number of unbranched alkanes of at least 4 members (excludes halogenated alkanes) is 1. The fraction of sp³-hybridized carbons (Fsp3) is 0.423. The summed E-state index contributed by atoms with van der Waals surface area (Å²) in [6, 6.07) is 11.3. The van der Waals surface area contributed by atoms with Crippen molar-refractivity contribution in [2.75, 3.05) is 57.0 Å². The number of rotatable bonds is 7. The Labute approximate surface area is 213 Å². The van der Waals surface area contributed by atoms with E-state index in [1.807, 2.05) is 23.1 Å². The molecule has 0 aromatic heterocycles. The van der Waals surface area contributed by atoms with Crippen LogP contribution in [0.4, 0.5) is 18.9 Å². The maximum atomic E-state index is 12.7. The van der Waals surface area contributed by atoms with E-state index in [2.05, 4.69) is 4.90 Å². The number of alkyl halides is 3. The summed E-state index contributed by atoms with van der Waals surface area (Å²) in [5, 5.41) is 8.88. The van der Waals surface area contributed by atoms with E-state index >= 15 is 0 Å². The third-order valence-corrected chi connectivity index (χ3v) is 7.18. The van der Waals surface area contributed by atoms with E-state index in [4.69, 9.17) is 15.6 Å². The van der Waals surface area contributed by atoms with Gasteiger partial charge >= 0.3 is 12.1 Å². The van der Waals surface area contributed by atoms with E-state index in [1.165, 1.54) is 23.9 Å². The minimum absolute atomic E-state index is 0.431. The molecule has 0 spiro atoms. The monoisotopic (exact) mass is 523 g/mol. The Morgan fingerprint density at radius 1 is 1.11 bits per heavy atom. The number of piperazine rings is 1. The Balaban J connectivity index is 0.000000212. The average Bonchev–Trinajstić information content (AvgIpc) is 2.88. The van der Waals surface area contributed by atoms with Crippen LogP contribution in [0.2, 0.25) is 0 Å². The van der Waals surface area contributed by atoms with Crippen molar-refractivity contribution in [3.63, 3.8) is 0 Å². The molecular weight excluding hydrogens is 491 g/mol. The number of carboxylic acid groups (broad SMARTS) is 1. The predicted octanol–water partition coefficient (Wildman–Crippen LogP) is 4.84. The Hall–Kier alpha value is -2.69. The third kappa shape index (κ3) is 7.91. The van der Waals surface area contributed by atoms with Crippen molar-refractivity contribution in [2.45, 2.75) is 23.9 Å². The molecule has 1 saturated heterocycles. The zero-order chi connectivity index (χ0) is 26.1. The van der Waals surface area contributed by atoms with E-state index in [-0.39, 0.29) is 0 Å². The Morgan fingerprint density at radius 2 is 1.86 bits per heavy atom. The van der Waals surface area contributed by atoms with Crippen LogP contribution < -0.4 is 15.4 Å². The Kier molecular flexibility index (Phi) is 10.1. The van der Waals surface area contributed by atoms with Crippen molar-refractivity contribution in [1.29, 1.82) is 0 Å². The standard InChI is InChI=1S/C15H22F3N3.C11H10O3S/c16-15(17,18)13-4-3-5-14(12-13)21-10-8-20(9-11-21)7-2-1-6-19;1-14-9-2-3-10-7(5-9)4-8(6-15-10)11(12)13/h3-5,12H,1-2,6-11,19H2;2-5H,6H2,1H3,(H,12,13). The molecule has 36 heavy (non-hydrogen) atoms. The number of nitrogens with zero attached hydrogens (tertiary/aromatic N) is 2. The van der Waals surface area contributed by atoms with E-state index in [1.54, 1.807) is 19.3 Å². The van der Waals surface area contributed by atoms with E-state index in [0.717, 1.165) is 67.8 Å². The molecule has 4 rings (SSSR count). The highest BCUT2D eigenvalue weighted by atomic mass is 32.2. The topological polar surface area (TPSA) is 79.0 Å². The molecular formula is C26H32F3N3O3S. The van der Waals surface area contributed by atoms with Crippen LogP contribution in [0.25, 0.3) is 6.08 Å². The molecule has 0 radical (unpaired) electrons. The molecule has 1 fully saturated rings. The fourth-order valence-electron chi connectivity index (χ4n) is 3.99. The van der Waals surface area contributed by atoms with Gasteiger partial charge in [0.15, 0.2) is 0 Å². The highest BCUT2D eigenvalue weighted by Crippen LogP contribution is 2.34. The maximum Gasteiger partial charge on any atom is 0.416 e. The summed E-state index contributed by atoms with van der Waals surface area (Å²) in [6.45, 7) is 5.05. The largest absolute Gasteiger partial charge is 0.497 e. The highest BCUT2D eigenvalue weighted by Gasteiger charge is 2.31. The molecule has 0 bridgehead atoms. The van der Waals surface area contributed by atoms with Crippen LogP contribution in [0, 0.1) is 0 Å². The number of fused-ring (bicyclic) bond motifs is 1. The lowest BCUT2D eigenvalue weighted by Gasteiger charge is -2.36. The molecule has 196 valence electrons. The van der Waals surface area contributed by atoms with Gasteiger partial charge in [-0.1, -0.05) is 6.07 Å². The number of carbonyl (C=O) groups is 1. The maximum absolute atomic E-state index is 12.7. The molecule has 10 heteroatoms. The molecule has 0 aliphatic carbocycles. The predicted molar refractivity (Wildman–Crippen MR) is 138 cm³/mol. The van der Waals surface area contributed by atoms with Gasteiger partial charge in [0.25, 0.3) is 0 Å². The number of hydrogen-bond acceptors (Lipinski definition) is 6. The second-order valence-corrected chi connectivity index (χ2v) is 9.56. The summed E-state index contributed by atoms with van der Waals surface area (Å²) >= 11 is 1.54. The van der Waals surface area contributed by atoms with Gasteiger partial charge in [0, 0.05) is 48.1 Å². The van der Waals surface area contributed by atoms with Crippen LogP contribution in [0.15, 0.2) is 52.9 Å². The molecule has 6 nitrogen and oxygen atoms in total. The first kappa shape index (κ1) is 27.9. The van der Waals surface area contributed by atoms with Gasteiger partial charge in [0.1, 0.15) is 5.75 Å². The van der Waals surface area contributed by atoms with Gasteiger partial charge in [0.05, 0.1) is 12.7 Å². The molecule has 2 aromatic rings. The third-order valence-electron chi connectivity index (χ3n) is 6.04. The average molecular weight is 524 g/mol. The van der Waals surface area contributed by atoms with Gasteiger partial charge < -0.3 is 20.5 Å². The number of benzene rings is 2. The fourth-order valence-corrected chi connectivity index (χ4v) is 4.96. The van der Waals surface area contributed by atoms with Gasteiger partial charge in [-0.2, -0.15) is 13.2 Å². The van der Waals surface area contributed by atoms with Gasteiger partial charge in [-0.3, -0.25) is 4.90 Å². The summed E-state index contributed by atoms with van der Waals surface area (Å²) in [7, 11) is 1.60. The number of methoxy groups -OCH3 is 1. The zero-order valence-electron chi connectivity index (χ0n) is 20.3. The van der Waals surface area contributed by atoms with Crippen LogP contribution in [0.1, 0.15) is 24.0 Å². The van der Waals surface area contributed by atoms with Crippen molar-refractivity contribution in [3.8, 4) is 5.75 Å². The second-order valence-electron chi connectivity index (χ2n) is 8.54. The summed E-state index contributed by atoms with van der Waals surface area (Å²) in [6.07, 6.45) is -0.468. The van der Waals surface area contributed by atoms with Crippen LogP contribution in [0.5, 0.6) is 5.75 Å². The lowest BCUT2D eigenvalue weighted by molar-refractivity contribution is -0.137. The van der Waals surface area contributed by atoms with Crippen molar-refractivity contribution >= 4 is 29.5 Å². The van der Waals surface area contributed by atoms with Crippen LogP contribution >= 0.6 is 11.8 Å². The van der Waals surface area contributed by atoms with Crippen LogP contribution in [0.3, 0.4) is 0 Å².